The van der Waals surface area contributed by atoms with Crippen LogP contribution in [0, 0.1) is 11.6 Å². The number of ether oxygens (including phenoxy) is 1. The number of hydrogen-bond acceptors (Lipinski definition) is 3. The molecule has 0 N–H and O–H groups in total. The van der Waals surface area contributed by atoms with E-state index in [0.29, 0.717) is 11.8 Å². The van der Waals surface area contributed by atoms with E-state index >= 15 is 0 Å². The van der Waals surface area contributed by atoms with Crippen molar-refractivity contribution in [1.82, 2.24) is 0 Å². The van der Waals surface area contributed by atoms with Gasteiger partial charge in [-0.05, 0) is 24.3 Å². The minimum atomic E-state index is -0.853. The highest BCUT2D eigenvalue weighted by atomic mass is 19.1. The van der Waals surface area contributed by atoms with Crippen LogP contribution in [0.1, 0.15) is 10.4 Å². The number of benzene rings is 2. The highest BCUT2D eigenvalue weighted by molar-refractivity contribution is 5.99. The summed E-state index contributed by atoms with van der Waals surface area (Å²) in [6.07, 6.45) is 0. The van der Waals surface area contributed by atoms with Crippen molar-refractivity contribution < 1.29 is 18.3 Å². The summed E-state index contributed by atoms with van der Waals surface area (Å²) in [4.78, 5) is 13.8. The maximum atomic E-state index is 13.6. The van der Waals surface area contributed by atoms with Crippen molar-refractivity contribution in [2.24, 2.45) is 0 Å². The second-order valence-corrected chi connectivity index (χ2v) is 4.58. The molecule has 3 nitrogen and oxygen atoms in total. The lowest BCUT2D eigenvalue weighted by Gasteiger charge is -2.21. The Bertz CT molecular complexity index is 658. The molecule has 5 heteroatoms. The normalized spacial score (nSPS) is 10.3. The molecule has 0 amide bonds. The van der Waals surface area contributed by atoms with Gasteiger partial charge in [0, 0.05) is 13.1 Å². The maximum Gasteiger partial charge on any atom is 0.185 e. The van der Waals surface area contributed by atoms with Crippen LogP contribution in [0.5, 0.6) is 5.75 Å². The highest BCUT2D eigenvalue weighted by Gasteiger charge is 2.16. The molecule has 2 rings (SSSR count). The number of halogens is 2. The first-order chi connectivity index (χ1) is 10.0. The number of methoxy groups -OCH3 is 1. The third-order valence-electron chi connectivity index (χ3n) is 3.11. The summed E-state index contributed by atoms with van der Waals surface area (Å²) in [5.74, 6) is -1.37. The number of para-hydroxylation sites is 2. The van der Waals surface area contributed by atoms with Crippen LogP contribution in [0.15, 0.2) is 42.5 Å². The van der Waals surface area contributed by atoms with Gasteiger partial charge in [-0.25, -0.2) is 8.78 Å². The Hall–Kier alpha value is -2.43. The number of anilines is 1. The van der Waals surface area contributed by atoms with Gasteiger partial charge in [-0.2, -0.15) is 0 Å². The van der Waals surface area contributed by atoms with E-state index in [2.05, 4.69) is 0 Å². The van der Waals surface area contributed by atoms with Gasteiger partial charge in [-0.3, -0.25) is 4.79 Å². The fourth-order valence-corrected chi connectivity index (χ4v) is 2.05. The summed E-state index contributed by atoms with van der Waals surface area (Å²) in [5, 5.41) is 0. The molecule has 0 aliphatic heterocycles. The lowest BCUT2D eigenvalue weighted by molar-refractivity contribution is 0.0996. The molecule has 110 valence electrons. The van der Waals surface area contributed by atoms with Gasteiger partial charge in [0.15, 0.2) is 5.78 Å². The molecule has 0 aromatic heterocycles. The largest absolute Gasteiger partial charge is 0.495 e. The van der Waals surface area contributed by atoms with Gasteiger partial charge < -0.3 is 9.64 Å². The van der Waals surface area contributed by atoms with Crippen LogP contribution in [0.3, 0.4) is 0 Å². The average molecular weight is 291 g/mol. The van der Waals surface area contributed by atoms with Gasteiger partial charge in [0.05, 0.1) is 24.9 Å². The van der Waals surface area contributed by atoms with Gasteiger partial charge in [0.1, 0.15) is 17.4 Å². The zero-order valence-electron chi connectivity index (χ0n) is 11.8. The molecule has 0 saturated heterocycles. The second-order valence-electron chi connectivity index (χ2n) is 4.58. The van der Waals surface area contributed by atoms with Crippen molar-refractivity contribution in [3.05, 3.63) is 59.7 Å². The van der Waals surface area contributed by atoms with Crippen molar-refractivity contribution in [2.45, 2.75) is 0 Å². The van der Waals surface area contributed by atoms with Gasteiger partial charge >= 0.3 is 0 Å². The van der Waals surface area contributed by atoms with Gasteiger partial charge in [-0.1, -0.05) is 12.1 Å². The highest BCUT2D eigenvalue weighted by Crippen LogP contribution is 2.26. The van der Waals surface area contributed by atoms with Crippen molar-refractivity contribution in [3.63, 3.8) is 0 Å². The van der Waals surface area contributed by atoms with Gasteiger partial charge in [-0.15, -0.1) is 0 Å². The Morgan fingerprint density at radius 3 is 2.57 bits per heavy atom. The molecule has 21 heavy (non-hydrogen) atoms. The van der Waals surface area contributed by atoms with E-state index in [0.717, 1.165) is 17.8 Å². The smallest absolute Gasteiger partial charge is 0.185 e. The average Bonchev–Trinajstić information content (AvgIpc) is 2.46. The Labute approximate surface area is 121 Å². The van der Waals surface area contributed by atoms with E-state index in [4.69, 9.17) is 4.74 Å². The summed E-state index contributed by atoms with van der Waals surface area (Å²) < 4.78 is 31.7. The Balaban J connectivity index is 2.19. The molecule has 0 heterocycles. The molecule has 0 atom stereocenters. The zero-order chi connectivity index (χ0) is 15.4. The fraction of sp³-hybridized carbons (Fsp3) is 0.188. The lowest BCUT2D eigenvalue weighted by atomic mass is 10.1. The summed E-state index contributed by atoms with van der Waals surface area (Å²) in [7, 11) is 3.24. The molecular weight excluding hydrogens is 276 g/mol. The molecule has 2 aromatic carbocycles. The number of rotatable bonds is 5. The minimum absolute atomic E-state index is 0.0388. The number of carbonyl (C=O) groups is 1. The third kappa shape index (κ3) is 3.37. The summed E-state index contributed by atoms with van der Waals surface area (Å²) in [5.41, 5.74) is 0.592. The summed E-state index contributed by atoms with van der Waals surface area (Å²) >= 11 is 0. The lowest BCUT2D eigenvalue weighted by Crippen LogP contribution is -2.26. The van der Waals surface area contributed by atoms with Crippen molar-refractivity contribution in [2.75, 3.05) is 25.6 Å². The van der Waals surface area contributed by atoms with E-state index in [-0.39, 0.29) is 12.1 Å². The topological polar surface area (TPSA) is 29.5 Å². The van der Waals surface area contributed by atoms with E-state index in [1.807, 2.05) is 12.1 Å². The minimum Gasteiger partial charge on any atom is -0.495 e. The SMILES string of the molecule is COc1ccccc1N(C)CC(=O)c1ccc(F)cc1F. The molecular formula is C16H15F2NO2. The van der Waals surface area contributed by atoms with Crippen LogP contribution in [-0.2, 0) is 0 Å². The van der Waals surface area contributed by atoms with Gasteiger partial charge in [0.2, 0.25) is 0 Å². The molecule has 0 spiro atoms. The summed E-state index contributed by atoms with van der Waals surface area (Å²) in [6, 6.07) is 10.1. The second kappa shape index (κ2) is 6.35. The first kappa shape index (κ1) is 15.0. The van der Waals surface area contributed by atoms with E-state index in [1.54, 1.807) is 24.1 Å². The van der Waals surface area contributed by atoms with Crippen LogP contribution in [0.4, 0.5) is 14.5 Å². The predicted octanol–water partition coefficient (Wildman–Crippen LogP) is 3.29. The number of carbonyl (C=O) groups excluding carboxylic acids is 1. The quantitative estimate of drug-likeness (QED) is 0.792. The van der Waals surface area contributed by atoms with Crippen LogP contribution in [0.2, 0.25) is 0 Å². The van der Waals surface area contributed by atoms with E-state index < -0.39 is 17.4 Å². The molecule has 0 fully saturated rings. The summed E-state index contributed by atoms with van der Waals surface area (Å²) in [6.45, 7) is -0.0388. The van der Waals surface area contributed by atoms with Gasteiger partial charge in [0.25, 0.3) is 0 Å². The molecule has 0 aliphatic carbocycles. The number of Topliss-reactive ketones (excluding diaryl/α,β-unsaturated/α-hetero) is 1. The fourth-order valence-electron chi connectivity index (χ4n) is 2.05. The molecule has 0 saturated carbocycles. The zero-order valence-corrected chi connectivity index (χ0v) is 11.8. The molecule has 0 aliphatic rings. The standard InChI is InChI=1S/C16H15F2NO2/c1-19(14-5-3-4-6-16(14)21-2)10-15(20)12-8-7-11(17)9-13(12)18/h3-9H,10H2,1-2H3. The van der Waals surface area contributed by atoms with Crippen molar-refractivity contribution in [3.8, 4) is 5.75 Å². The number of likely N-dealkylation sites (N-methyl/N-ethyl adjacent to an activating group) is 1. The Morgan fingerprint density at radius 1 is 1.19 bits per heavy atom. The Kier molecular flexibility index (Phi) is 4.52. The number of hydrogen-bond donors (Lipinski definition) is 0. The maximum absolute atomic E-state index is 13.6. The monoisotopic (exact) mass is 291 g/mol. The molecule has 0 unspecified atom stereocenters. The number of ketones is 1. The first-order valence-corrected chi connectivity index (χ1v) is 6.35. The van der Waals surface area contributed by atoms with Crippen LogP contribution in [0.25, 0.3) is 0 Å². The predicted molar refractivity (Wildman–Crippen MR) is 77.0 cm³/mol. The van der Waals surface area contributed by atoms with Crippen molar-refractivity contribution >= 4 is 11.5 Å². The van der Waals surface area contributed by atoms with Crippen LogP contribution >= 0.6 is 0 Å². The first-order valence-electron chi connectivity index (χ1n) is 6.35. The molecule has 0 bridgehead atoms. The third-order valence-corrected chi connectivity index (χ3v) is 3.11. The number of nitrogens with zero attached hydrogens (tertiary/aromatic N) is 1. The van der Waals surface area contributed by atoms with Crippen LogP contribution < -0.4 is 9.64 Å². The van der Waals surface area contributed by atoms with E-state index in [1.165, 1.54) is 7.11 Å². The van der Waals surface area contributed by atoms with Crippen LogP contribution in [-0.4, -0.2) is 26.5 Å². The molecule has 0 radical (unpaired) electrons. The van der Waals surface area contributed by atoms with E-state index in [9.17, 15) is 13.6 Å². The molecule has 2 aromatic rings. The van der Waals surface area contributed by atoms with Crippen molar-refractivity contribution in [1.29, 1.82) is 0 Å². The Morgan fingerprint density at radius 2 is 1.90 bits per heavy atom.